The van der Waals surface area contributed by atoms with Crippen LogP contribution in [-0.4, -0.2) is 16.1 Å². The number of fused-ring (bicyclic) bond motifs is 1. The van der Waals surface area contributed by atoms with Gasteiger partial charge in [-0.15, -0.1) is 0 Å². The summed E-state index contributed by atoms with van der Waals surface area (Å²) in [6.45, 7) is 3.50. The van der Waals surface area contributed by atoms with Gasteiger partial charge in [0.2, 0.25) is 0 Å². The highest BCUT2D eigenvalue weighted by molar-refractivity contribution is 5.75. The van der Waals surface area contributed by atoms with Crippen LogP contribution in [0.3, 0.4) is 0 Å². The second-order valence-corrected chi connectivity index (χ2v) is 3.09. The molecule has 0 aliphatic heterocycles. The monoisotopic (exact) mass is 175 g/mol. The van der Waals surface area contributed by atoms with Crippen LogP contribution >= 0.6 is 0 Å². The van der Waals surface area contributed by atoms with Crippen LogP contribution < -0.4 is 5.73 Å². The topological polar surface area (TPSA) is 43.8 Å². The Morgan fingerprint density at radius 3 is 2.92 bits per heavy atom. The minimum absolute atomic E-state index is 0.654. The molecule has 68 valence electrons. The molecule has 2 N–H and O–H groups in total. The summed E-state index contributed by atoms with van der Waals surface area (Å²) in [6, 6.07) is 8.12. The Balaban J connectivity index is 2.64. The zero-order chi connectivity index (χ0) is 9.26. The predicted molar refractivity (Wildman–Crippen MR) is 53.5 cm³/mol. The second-order valence-electron chi connectivity index (χ2n) is 3.09. The van der Waals surface area contributed by atoms with Gasteiger partial charge in [-0.05, 0) is 19.1 Å². The molecule has 1 aromatic carbocycles. The molecule has 0 aliphatic carbocycles. The van der Waals surface area contributed by atoms with Crippen molar-refractivity contribution in [3.8, 4) is 0 Å². The Morgan fingerprint density at radius 1 is 1.38 bits per heavy atom. The van der Waals surface area contributed by atoms with E-state index in [4.69, 9.17) is 5.73 Å². The highest BCUT2D eigenvalue weighted by Crippen LogP contribution is 2.14. The first-order valence-electron chi connectivity index (χ1n) is 4.45. The van der Waals surface area contributed by atoms with E-state index in [1.54, 1.807) is 0 Å². The lowest BCUT2D eigenvalue weighted by atomic mass is 10.3. The molecular weight excluding hydrogens is 162 g/mol. The molecule has 0 radical (unpaired) electrons. The van der Waals surface area contributed by atoms with Crippen molar-refractivity contribution in [2.45, 2.75) is 13.5 Å². The molecule has 2 rings (SSSR count). The van der Waals surface area contributed by atoms with E-state index in [-0.39, 0.29) is 0 Å². The molecule has 2 aromatic rings. The summed E-state index contributed by atoms with van der Waals surface area (Å²) in [7, 11) is 0. The molecule has 3 heteroatoms. The first-order valence-corrected chi connectivity index (χ1v) is 4.45. The molecule has 1 heterocycles. The van der Waals surface area contributed by atoms with Gasteiger partial charge in [0.25, 0.3) is 0 Å². The summed E-state index contributed by atoms with van der Waals surface area (Å²) in [5.74, 6) is 1.03. The van der Waals surface area contributed by atoms with Gasteiger partial charge in [0.15, 0.2) is 0 Å². The number of aromatic nitrogens is 2. The minimum atomic E-state index is 0.654. The van der Waals surface area contributed by atoms with Crippen molar-refractivity contribution in [1.29, 1.82) is 0 Å². The zero-order valence-electron chi connectivity index (χ0n) is 7.70. The first kappa shape index (κ1) is 8.26. The maximum Gasteiger partial charge on any atom is 0.106 e. The molecule has 0 amide bonds. The standard InChI is InChI=1S/C10H13N3/c1-8-12-9-4-2-3-5-10(9)13(8)7-6-11/h2-5H,6-7,11H2,1H3. The van der Waals surface area contributed by atoms with Crippen LogP contribution in [0.1, 0.15) is 5.82 Å². The number of hydrogen-bond donors (Lipinski definition) is 1. The Bertz CT molecular complexity index is 417. The molecule has 3 nitrogen and oxygen atoms in total. The summed E-state index contributed by atoms with van der Waals surface area (Å²) in [5.41, 5.74) is 7.75. The first-order chi connectivity index (χ1) is 6.33. The van der Waals surface area contributed by atoms with Gasteiger partial charge in [-0.25, -0.2) is 4.98 Å². The summed E-state index contributed by atoms with van der Waals surface area (Å²) in [4.78, 5) is 4.44. The number of para-hydroxylation sites is 2. The number of nitrogens with zero attached hydrogens (tertiary/aromatic N) is 2. The maximum atomic E-state index is 5.53. The van der Waals surface area contributed by atoms with E-state index in [9.17, 15) is 0 Å². The quantitative estimate of drug-likeness (QED) is 0.747. The van der Waals surface area contributed by atoms with Gasteiger partial charge in [0.05, 0.1) is 11.0 Å². The molecule has 0 bridgehead atoms. The van der Waals surface area contributed by atoms with Gasteiger partial charge >= 0.3 is 0 Å². The van der Waals surface area contributed by atoms with Crippen molar-refractivity contribution in [3.63, 3.8) is 0 Å². The smallest absolute Gasteiger partial charge is 0.106 e. The zero-order valence-corrected chi connectivity index (χ0v) is 7.70. The predicted octanol–water partition coefficient (Wildman–Crippen LogP) is 1.30. The van der Waals surface area contributed by atoms with Gasteiger partial charge < -0.3 is 10.3 Å². The number of benzene rings is 1. The van der Waals surface area contributed by atoms with E-state index >= 15 is 0 Å². The lowest BCUT2D eigenvalue weighted by molar-refractivity contribution is 0.703. The summed E-state index contributed by atoms with van der Waals surface area (Å²) in [6.07, 6.45) is 0. The fraction of sp³-hybridized carbons (Fsp3) is 0.300. The molecular formula is C10H13N3. The van der Waals surface area contributed by atoms with Gasteiger partial charge in [-0.3, -0.25) is 0 Å². The van der Waals surface area contributed by atoms with Gasteiger partial charge in [-0.1, -0.05) is 12.1 Å². The highest BCUT2D eigenvalue weighted by atomic mass is 15.1. The third-order valence-electron chi connectivity index (χ3n) is 2.20. The number of hydrogen-bond acceptors (Lipinski definition) is 2. The van der Waals surface area contributed by atoms with Crippen molar-refractivity contribution < 1.29 is 0 Å². The number of rotatable bonds is 2. The average molecular weight is 175 g/mol. The van der Waals surface area contributed by atoms with Gasteiger partial charge in [0, 0.05) is 13.1 Å². The third kappa shape index (κ3) is 1.31. The van der Waals surface area contributed by atoms with Crippen molar-refractivity contribution >= 4 is 11.0 Å². The van der Waals surface area contributed by atoms with Crippen LogP contribution in [0.4, 0.5) is 0 Å². The second kappa shape index (κ2) is 3.18. The van der Waals surface area contributed by atoms with Crippen molar-refractivity contribution in [3.05, 3.63) is 30.1 Å². The lowest BCUT2D eigenvalue weighted by Gasteiger charge is -2.03. The van der Waals surface area contributed by atoms with Gasteiger partial charge in [-0.2, -0.15) is 0 Å². The molecule has 0 saturated heterocycles. The van der Waals surface area contributed by atoms with E-state index < -0.39 is 0 Å². The molecule has 0 atom stereocenters. The largest absolute Gasteiger partial charge is 0.329 e. The summed E-state index contributed by atoms with van der Waals surface area (Å²) in [5, 5.41) is 0. The Hall–Kier alpha value is -1.35. The van der Waals surface area contributed by atoms with E-state index in [0.717, 1.165) is 17.9 Å². The molecule has 13 heavy (non-hydrogen) atoms. The van der Waals surface area contributed by atoms with Crippen LogP contribution in [0.2, 0.25) is 0 Å². The SMILES string of the molecule is Cc1nc2ccccc2n1CCN. The molecule has 0 unspecified atom stereocenters. The van der Waals surface area contributed by atoms with Crippen LogP contribution in [0, 0.1) is 6.92 Å². The van der Waals surface area contributed by atoms with E-state index in [1.165, 1.54) is 5.52 Å². The van der Waals surface area contributed by atoms with E-state index in [2.05, 4.69) is 15.6 Å². The third-order valence-corrected chi connectivity index (χ3v) is 2.20. The molecule has 0 aliphatic rings. The molecule has 0 saturated carbocycles. The number of imidazole rings is 1. The Labute approximate surface area is 77.2 Å². The van der Waals surface area contributed by atoms with Crippen LogP contribution in [0.5, 0.6) is 0 Å². The summed E-state index contributed by atoms with van der Waals surface area (Å²) >= 11 is 0. The van der Waals surface area contributed by atoms with Crippen molar-refractivity contribution in [1.82, 2.24) is 9.55 Å². The molecule has 1 aromatic heterocycles. The number of nitrogens with two attached hydrogens (primary N) is 1. The van der Waals surface area contributed by atoms with Crippen molar-refractivity contribution in [2.75, 3.05) is 6.54 Å². The lowest BCUT2D eigenvalue weighted by Crippen LogP contribution is -2.10. The highest BCUT2D eigenvalue weighted by Gasteiger charge is 2.04. The summed E-state index contributed by atoms with van der Waals surface area (Å²) < 4.78 is 2.15. The van der Waals surface area contributed by atoms with Crippen LogP contribution in [-0.2, 0) is 6.54 Å². The average Bonchev–Trinajstić information content (AvgIpc) is 2.44. The Kier molecular flexibility index (Phi) is 2.02. The fourth-order valence-corrected chi connectivity index (χ4v) is 1.61. The maximum absolute atomic E-state index is 5.53. The van der Waals surface area contributed by atoms with Crippen LogP contribution in [0.25, 0.3) is 11.0 Å². The molecule has 0 fully saturated rings. The Morgan fingerprint density at radius 2 is 2.15 bits per heavy atom. The van der Waals surface area contributed by atoms with Crippen LogP contribution in [0.15, 0.2) is 24.3 Å². The fourth-order valence-electron chi connectivity index (χ4n) is 1.61. The van der Waals surface area contributed by atoms with Crippen molar-refractivity contribution in [2.24, 2.45) is 5.73 Å². The normalized spacial score (nSPS) is 10.9. The number of aryl methyl sites for hydroxylation is 1. The molecule has 0 spiro atoms. The van der Waals surface area contributed by atoms with Gasteiger partial charge in [0.1, 0.15) is 5.82 Å². The van der Waals surface area contributed by atoms with E-state index in [1.807, 2.05) is 25.1 Å². The van der Waals surface area contributed by atoms with E-state index in [0.29, 0.717) is 6.54 Å². The minimum Gasteiger partial charge on any atom is -0.329 e.